The zero-order valence-corrected chi connectivity index (χ0v) is 15.4. The van der Waals surface area contributed by atoms with Gasteiger partial charge in [-0.05, 0) is 42.0 Å². The topological polar surface area (TPSA) is 85.7 Å². The molecule has 0 aliphatic carbocycles. The third-order valence-corrected chi connectivity index (χ3v) is 4.09. The van der Waals surface area contributed by atoms with Crippen molar-refractivity contribution in [2.45, 2.75) is 13.2 Å². The van der Waals surface area contributed by atoms with Crippen LogP contribution in [0.3, 0.4) is 0 Å². The molecule has 7 nitrogen and oxygen atoms in total. The Bertz CT molecular complexity index is 915. The van der Waals surface area contributed by atoms with E-state index < -0.39 is 4.92 Å². The molecule has 3 aromatic carbocycles. The number of non-ortho nitro benzene ring substituents is 1. The lowest BCUT2D eigenvalue weighted by Crippen LogP contribution is -2.20. The molecule has 2 N–H and O–H groups in total. The molecule has 0 aliphatic heterocycles. The van der Waals surface area contributed by atoms with E-state index in [1.54, 1.807) is 19.2 Å². The summed E-state index contributed by atoms with van der Waals surface area (Å²) in [4.78, 5) is 10.3. The lowest BCUT2D eigenvalue weighted by atomic mass is 10.1. The largest absolute Gasteiger partial charge is 0.496 e. The van der Waals surface area contributed by atoms with Crippen LogP contribution in [0.4, 0.5) is 11.4 Å². The third-order valence-electron chi connectivity index (χ3n) is 4.09. The van der Waals surface area contributed by atoms with Crippen LogP contribution in [0.2, 0.25) is 0 Å². The molecule has 144 valence electrons. The Hall–Kier alpha value is -3.58. The van der Waals surface area contributed by atoms with Gasteiger partial charge in [0.15, 0.2) is 0 Å². The Morgan fingerprint density at radius 3 is 2.43 bits per heavy atom. The second-order valence-electron chi connectivity index (χ2n) is 6.03. The van der Waals surface area contributed by atoms with Gasteiger partial charge in [-0.15, -0.1) is 0 Å². The minimum absolute atomic E-state index is 0.0314. The van der Waals surface area contributed by atoms with E-state index in [-0.39, 0.29) is 5.69 Å². The normalized spacial score (nSPS) is 10.3. The van der Waals surface area contributed by atoms with Crippen LogP contribution in [0.15, 0.2) is 72.8 Å². The van der Waals surface area contributed by atoms with E-state index in [1.165, 1.54) is 12.1 Å². The van der Waals surface area contributed by atoms with Crippen LogP contribution in [-0.2, 0) is 13.2 Å². The molecule has 0 aliphatic rings. The lowest BCUT2D eigenvalue weighted by molar-refractivity contribution is -0.384. The highest BCUT2D eigenvalue weighted by atomic mass is 16.6. The third kappa shape index (κ3) is 5.21. The molecular weight excluding hydrogens is 358 g/mol. The second-order valence-corrected chi connectivity index (χ2v) is 6.03. The summed E-state index contributed by atoms with van der Waals surface area (Å²) in [6, 6.07) is 21.7. The standard InChI is InChI=1S/C21H21N3O4/c1-27-21-12-7-16(14-22-23-18-5-3-2-4-6-18)13-17(21)15-28-20-10-8-19(9-11-20)24(25)26/h2-13,22-23H,14-15H2,1H3. The molecule has 3 aromatic rings. The Morgan fingerprint density at radius 1 is 1.00 bits per heavy atom. The second kappa shape index (κ2) is 9.38. The summed E-state index contributed by atoms with van der Waals surface area (Å²) in [6.45, 7) is 0.907. The van der Waals surface area contributed by atoms with E-state index >= 15 is 0 Å². The first-order chi connectivity index (χ1) is 13.7. The molecule has 0 heterocycles. The minimum Gasteiger partial charge on any atom is -0.496 e. The van der Waals surface area contributed by atoms with Gasteiger partial charge in [-0.3, -0.25) is 10.1 Å². The molecule has 0 aromatic heterocycles. The molecule has 0 spiro atoms. The Labute approximate surface area is 163 Å². The summed E-state index contributed by atoms with van der Waals surface area (Å²) in [7, 11) is 1.61. The molecule has 28 heavy (non-hydrogen) atoms. The molecule has 0 unspecified atom stereocenters. The van der Waals surface area contributed by atoms with Gasteiger partial charge in [0.1, 0.15) is 18.1 Å². The number of benzene rings is 3. The van der Waals surface area contributed by atoms with Crippen LogP contribution in [0.5, 0.6) is 11.5 Å². The van der Waals surface area contributed by atoms with Crippen LogP contribution in [0, 0.1) is 10.1 Å². The fourth-order valence-electron chi connectivity index (χ4n) is 2.65. The number of nitrogens with one attached hydrogen (secondary N) is 2. The van der Waals surface area contributed by atoms with Gasteiger partial charge in [-0.2, -0.15) is 0 Å². The van der Waals surface area contributed by atoms with Crippen molar-refractivity contribution in [3.63, 3.8) is 0 Å². The van der Waals surface area contributed by atoms with Gasteiger partial charge in [0.2, 0.25) is 0 Å². The first kappa shape index (κ1) is 19.2. The molecule has 0 amide bonds. The minimum atomic E-state index is -0.438. The number of nitrogens with zero attached hydrogens (tertiary/aromatic N) is 1. The maximum atomic E-state index is 10.7. The first-order valence-corrected chi connectivity index (χ1v) is 8.72. The van der Waals surface area contributed by atoms with Gasteiger partial charge in [-0.25, -0.2) is 5.43 Å². The van der Waals surface area contributed by atoms with E-state index in [0.29, 0.717) is 18.9 Å². The first-order valence-electron chi connectivity index (χ1n) is 8.72. The molecule has 0 saturated carbocycles. The van der Waals surface area contributed by atoms with Crippen molar-refractivity contribution in [1.82, 2.24) is 5.43 Å². The highest BCUT2D eigenvalue weighted by molar-refractivity contribution is 5.42. The number of hydrazine groups is 1. The number of rotatable bonds is 9. The van der Waals surface area contributed by atoms with Gasteiger partial charge in [-0.1, -0.05) is 24.3 Å². The predicted molar refractivity (Wildman–Crippen MR) is 107 cm³/mol. The molecule has 0 fully saturated rings. The summed E-state index contributed by atoms with van der Waals surface area (Å²) in [5, 5.41) is 10.7. The van der Waals surface area contributed by atoms with Crippen LogP contribution in [0.25, 0.3) is 0 Å². The number of hydrogen-bond acceptors (Lipinski definition) is 6. The van der Waals surface area contributed by atoms with Crippen molar-refractivity contribution in [2.24, 2.45) is 0 Å². The molecule has 0 radical (unpaired) electrons. The van der Waals surface area contributed by atoms with Crippen LogP contribution in [-0.4, -0.2) is 12.0 Å². The van der Waals surface area contributed by atoms with E-state index in [2.05, 4.69) is 10.9 Å². The van der Waals surface area contributed by atoms with Gasteiger partial charge < -0.3 is 14.9 Å². The maximum absolute atomic E-state index is 10.7. The van der Waals surface area contributed by atoms with Crippen LogP contribution >= 0.6 is 0 Å². The molecule has 0 atom stereocenters. The molecule has 3 rings (SSSR count). The van der Waals surface area contributed by atoms with Gasteiger partial charge in [0, 0.05) is 29.9 Å². The Morgan fingerprint density at radius 2 is 1.75 bits per heavy atom. The van der Waals surface area contributed by atoms with Crippen molar-refractivity contribution in [3.8, 4) is 11.5 Å². The smallest absolute Gasteiger partial charge is 0.269 e. The maximum Gasteiger partial charge on any atom is 0.269 e. The Balaban J connectivity index is 1.61. The highest BCUT2D eigenvalue weighted by Gasteiger charge is 2.08. The fraction of sp³-hybridized carbons (Fsp3) is 0.143. The quantitative estimate of drug-likeness (QED) is 0.426. The average molecular weight is 379 g/mol. The molecule has 7 heteroatoms. The fourth-order valence-corrected chi connectivity index (χ4v) is 2.65. The number of ether oxygens (including phenoxy) is 2. The Kier molecular flexibility index (Phi) is 6.43. The van der Waals surface area contributed by atoms with Crippen molar-refractivity contribution in [1.29, 1.82) is 0 Å². The van der Waals surface area contributed by atoms with Gasteiger partial charge >= 0.3 is 0 Å². The summed E-state index contributed by atoms with van der Waals surface area (Å²) in [5.41, 5.74) is 9.29. The van der Waals surface area contributed by atoms with E-state index in [9.17, 15) is 10.1 Å². The number of anilines is 1. The number of para-hydroxylation sites is 1. The SMILES string of the molecule is COc1ccc(CNNc2ccccc2)cc1COc1ccc([N+](=O)[O-])cc1. The van der Waals surface area contributed by atoms with Crippen LogP contribution < -0.4 is 20.3 Å². The van der Waals surface area contributed by atoms with Crippen molar-refractivity contribution in [2.75, 3.05) is 12.5 Å². The van der Waals surface area contributed by atoms with Crippen molar-refractivity contribution in [3.05, 3.63) is 94.0 Å². The molecule has 0 saturated heterocycles. The summed E-state index contributed by atoms with van der Waals surface area (Å²) in [5.74, 6) is 1.28. The van der Waals surface area contributed by atoms with E-state index in [1.807, 2.05) is 48.5 Å². The summed E-state index contributed by atoms with van der Waals surface area (Å²) >= 11 is 0. The zero-order chi connectivity index (χ0) is 19.8. The monoisotopic (exact) mass is 379 g/mol. The van der Waals surface area contributed by atoms with E-state index in [0.717, 1.165) is 22.6 Å². The van der Waals surface area contributed by atoms with Crippen molar-refractivity contribution < 1.29 is 14.4 Å². The number of hydrogen-bond donors (Lipinski definition) is 2. The predicted octanol–water partition coefficient (Wildman–Crippen LogP) is 4.30. The van der Waals surface area contributed by atoms with Gasteiger partial charge in [0.25, 0.3) is 5.69 Å². The number of nitro benzene ring substituents is 1. The highest BCUT2D eigenvalue weighted by Crippen LogP contribution is 2.23. The van der Waals surface area contributed by atoms with Crippen LogP contribution in [0.1, 0.15) is 11.1 Å². The zero-order valence-electron chi connectivity index (χ0n) is 15.4. The summed E-state index contributed by atoms with van der Waals surface area (Å²) < 4.78 is 11.2. The average Bonchev–Trinajstić information content (AvgIpc) is 2.73. The lowest BCUT2D eigenvalue weighted by Gasteiger charge is -2.13. The number of methoxy groups -OCH3 is 1. The van der Waals surface area contributed by atoms with E-state index in [4.69, 9.17) is 9.47 Å². The molecular formula is C21H21N3O4. The number of nitro groups is 1. The van der Waals surface area contributed by atoms with Gasteiger partial charge in [0.05, 0.1) is 12.0 Å². The van der Waals surface area contributed by atoms with Crippen molar-refractivity contribution >= 4 is 11.4 Å². The molecule has 0 bridgehead atoms. The summed E-state index contributed by atoms with van der Waals surface area (Å²) in [6.07, 6.45) is 0.